The van der Waals surface area contributed by atoms with E-state index in [0.29, 0.717) is 6.61 Å². The third kappa shape index (κ3) is 3.14. The van der Waals surface area contributed by atoms with Gasteiger partial charge in [-0.05, 0) is 49.6 Å². The van der Waals surface area contributed by atoms with Gasteiger partial charge in [-0.15, -0.1) is 0 Å². The summed E-state index contributed by atoms with van der Waals surface area (Å²) >= 11 is 0. The molecule has 1 aliphatic heterocycles. The van der Waals surface area contributed by atoms with Crippen molar-refractivity contribution in [2.75, 3.05) is 33.4 Å². The highest BCUT2D eigenvalue weighted by atomic mass is 16.5. The molecule has 1 aromatic carbocycles. The second-order valence-electron chi connectivity index (χ2n) is 5.93. The molecule has 1 fully saturated rings. The normalized spacial score (nSPS) is 27.1. The molecule has 3 rings (SSSR count). The number of benzene rings is 1. The molecule has 0 saturated carbocycles. The fraction of sp³-hybridized carbons (Fsp3) is 0.625. The smallest absolute Gasteiger partial charge is 0.119 e. The van der Waals surface area contributed by atoms with Gasteiger partial charge < -0.3 is 20.1 Å². The van der Waals surface area contributed by atoms with Crippen LogP contribution in [0.4, 0.5) is 0 Å². The topological polar surface area (TPSA) is 47.7 Å². The Hall–Kier alpha value is -1.10. The van der Waals surface area contributed by atoms with Crippen LogP contribution in [-0.2, 0) is 11.2 Å². The molecule has 4 heteroatoms. The van der Waals surface area contributed by atoms with E-state index in [1.54, 1.807) is 0 Å². The zero-order valence-electron chi connectivity index (χ0n) is 12.2. The Morgan fingerprint density at radius 1 is 1.45 bits per heavy atom. The van der Waals surface area contributed by atoms with Crippen LogP contribution >= 0.6 is 0 Å². The zero-order valence-corrected chi connectivity index (χ0v) is 12.2. The van der Waals surface area contributed by atoms with Crippen molar-refractivity contribution in [3.8, 4) is 5.75 Å². The fourth-order valence-electron chi connectivity index (χ4n) is 3.06. The average Bonchev–Trinajstić information content (AvgIpc) is 2.46. The summed E-state index contributed by atoms with van der Waals surface area (Å²) in [7, 11) is 2.12. The minimum atomic E-state index is 0.165. The monoisotopic (exact) mass is 276 g/mol. The Kier molecular flexibility index (Phi) is 4.24. The maximum Gasteiger partial charge on any atom is 0.119 e. The first-order valence-corrected chi connectivity index (χ1v) is 7.54. The number of likely N-dealkylation sites (N-methyl/N-ethyl adjacent to an activating group) is 1. The quantitative estimate of drug-likeness (QED) is 0.913. The molecule has 4 nitrogen and oxygen atoms in total. The van der Waals surface area contributed by atoms with Crippen LogP contribution in [0.3, 0.4) is 0 Å². The molecule has 1 unspecified atom stereocenters. The minimum absolute atomic E-state index is 0.165. The van der Waals surface area contributed by atoms with Crippen LogP contribution < -0.4 is 10.5 Å². The van der Waals surface area contributed by atoms with Gasteiger partial charge in [-0.2, -0.15) is 0 Å². The lowest BCUT2D eigenvalue weighted by atomic mass is 9.88. The lowest BCUT2D eigenvalue weighted by Gasteiger charge is -2.30. The molecule has 2 aliphatic rings. The largest absolute Gasteiger partial charge is 0.491 e. The van der Waals surface area contributed by atoms with E-state index in [-0.39, 0.29) is 12.1 Å². The molecule has 1 aliphatic carbocycles. The standard InChI is InChI=1S/C16H24N2O2/c1-18-7-8-19-14(10-18)11-20-13-6-5-12-3-2-4-16(17)15(12)9-13/h5-6,9,14,16H,2-4,7-8,10-11,17H2,1H3/t14?,16-/m0/s1. The Morgan fingerprint density at radius 2 is 2.35 bits per heavy atom. The molecule has 20 heavy (non-hydrogen) atoms. The average molecular weight is 276 g/mol. The lowest BCUT2D eigenvalue weighted by molar-refractivity contribution is -0.0403. The molecule has 1 heterocycles. The molecule has 2 atom stereocenters. The second-order valence-corrected chi connectivity index (χ2v) is 5.93. The SMILES string of the molecule is CN1CCOC(COc2ccc3c(c2)[C@@H](N)CCC3)C1. The third-order valence-corrected chi connectivity index (χ3v) is 4.26. The first kappa shape index (κ1) is 13.9. The van der Waals surface area contributed by atoms with Crippen molar-refractivity contribution in [1.82, 2.24) is 4.90 Å². The van der Waals surface area contributed by atoms with Crippen LogP contribution in [0.25, 0.3) is 0 Å². The maximum atomic E-state index is 6.19. The van der Waals surface area contributed by atoms with Crippen molar-refractivity contribution in [2.45, 2.75) is 31.4 Å². The first-order chi connectivity index (χ1) is 9.72. The van der Waals surface area contributed by atoms with Crippen molar-refractivity contribution in [3.63, 3.8) is 0 Å². The van der Waals surface area contributed by atoms with Gasteiger partial charge in [-0.25, -0.2) is 0 Å². The fourth-order valence-corrected chi connectivity index (χ4v) is 3.06. The number of aryl methyl sites for hydroxylation is 1. The third-order valence-electron chi connectivity index (χ3n) is 4.26. The number of morpholine rings is 1. The van der Waals surface area contributed by atoms with Crippen LogP contribution in [0.15, 0.2) is 18.2 Å². The van der Waals surface area contributed by atoms with Crippen molar-refractivity contribution in [1.29, 1.82) is 0 Å². The van der Waals surface area contributed by atoms with Crippen LogP contribution in [0.2, 0.25) is 0 Å². The Labute approximate surface area is 120 Å². The van der Waals surface area contributed by atoms with E-state index >= 15 is 0 Å². The van der Waals surface area contributed by atoms with Crippen LogP contribution in [0.5, 0.6) is 5.75 Å². The van der Waals surface area contributed by atoms with Crippen molar-refractivity contribution < 1.29 is 9.47 Å². The summed E-state index contributed by atoms with van der Waals surface area (Å²) in [4.78, 5) is 2.28. The predicted octanol–water partition coefficient (Wildman–Crippen LogP) is 1.73. The molecule has 0 amide bonds. The molecule has 110 valence electrons. The van der Waals surface area contributed by atoms with Gasteiger partial charge in [0.15, 0.2) is 0 Å². The summed E-state index contributed by atoms with van der Waals surface area (Å²) in [6.07, 6.45) is 3.57. The predicted molar refractivity (Wildman–Crippen MR) is 79.0 cm³/mol. The summed E-state index contributed by atoms with van der Waals surface area (Å²) in [5, 5.41) is 0. The molecule has 0 spiro atoms. The van der Waals surface area contributed by atoms with E-state index in [9.17, 15) is 0 Å². The molecular weight excluding hydrogens is 252 g/mol. The summed E-state index contributed by atoms with van der Waals surface area (Å²) in [5.74, 6) is 0.915. The second kappa shape index (κ2) is 6.12. The van der Waals surface area contributed by atoms with E-state index in [1.807, 2.05) is 0 Å². The van der Waals surface area contributed by atoms with Gasteiger partial charge in [-0.3, -0.25) is 0 Å². The zero-order chi connectivity index (χ0) is 13.9. The van der Waals surface area contributed by atoms with E-state index in [1.165, 1.54) is 17.5 Å². The van der Waals surface area contributed by atoms with E-state index in [2.05, 4.69) is 30.1 Å². The summed E-state index contributed by atoms with van der Waals surface area (Å²) in [5.41, 5.74) is 8.82. The van der Waals surface area contributed by atoms with E-state index < -0.39 is 0 Å². The Balaban J connectivity index is 1.61. The number of ether oxygens (including phenoxy) is 2. The molecule has 0 aromatic heterocycles. The number of fused-ring (bicyclic) bond motifs is 1. The van der Waals surface area contributed by atoms with Crippen LogP contribution in [0.1, 0.15) is 30.0 Å². The number of rotatable bonds is 3. The summed E-state index contributed by atoms with van der Waals surface area (Å²) < 4.78 is 11.6. The van der Waals surface area contributed by atoms with Gasteiger partial charge in [0, 0.05) is 19.1 Å². The van der Waals surface area contributed by atoms with Gasteiger partial charge in [0.2, 0.25) is 0 Å². The molecule has 1 aromatic rings. The molecule has 0 radical (unpaired) electrons. The van der Waals surface area contributed by atoms with Gasteiger partial charge in [0.1, 0.15) is 18.5 Å². The van der Waals surface area contributed by atoms with Crippen LogP contribution in [0, 0.1) is 0 Å². The minimum Gasteiger partial charge on any atom is -0.491 e. The van der Waals surface area contributed by atoms with E-state index in [4.69, 9.17) is 15.2 Å². The number of nitrogens with two attached hydrogens (primary N) is 1. The summed E-state index contributed by atoms with van der Waals surface area (Å²) in [6, 6.07) is 6.51. The lowest BCUT2D eigenvalue weighted by Crippen LogP contribution is -2.42. The molecule has 0 bridgehead atoms. The van der Waals surface area contributed by atoms with Crippen LogP contribution in [-0.4, -0.2) is 44.4 Å². The van der Waals surface area contributed by atoms with Gasteiger partial charge in [0.25, 0.3) is 0 Å². The van der Waals surface area contributed by atoms with Crippen molar-refractivity contribution in [2.24, 2.45) is 5.73 Å². The first-order valence-electron chi connectivity index (χ1n) is 7.54. The highest BCUT2D eigenvalue weighted by Crippen LogP contribution is 2.30. The van der Waals surface area contributed by atoms with Crippen molar-refractivity contribution in [3.05, 3.63) is 29.3 Å². The highest BCUT2D eigenvalue weighted by Gasteiger charge is 2.20. The Morgan fingerprint density at radius 3 is 3.20 bits per heavy atom. The molecular formula is C16H24N2O2. The molecule has 1 saturated heterocycles. The van der Waals surface area contributed by atoms with Gasteiger partial charge in [0.05, 0.1) is 6.61 Å². The number of hydrogen-bond acceptors (Lipinski definition) is 4. The van der Waals surface area contributed by atoms with Crippen molar-refractivity contribution >= 4 is 0 Å². The van der Waals surface area contributed by atoms with Gasteiger partial charge >= 0.3 is 0 Å². The number of nitrogens with zero attached hydrogens (tertiary/aromatic N) is 1. The van der Waals surface area contributed by atoms with Gasteiger partial charge in [-0.1, -0.05) is 6.07 Å². The summed E-state index contributed by atoms with van der Waals surface area (Å²) in [6.45, 7) is 3.34. The Bertz CT molecular complexity index is 464. The highest BCUT2D eigenvalue weighted by molar-refractivity contribution is 5.39. The molecule has 2 N–H and O–H groups in total. The number of hydrogen-bond donors (Lipinski definition) is 1. The van der Waals surface area contributed by atoms with E-state index in [0.717, 1.165) is 38.3 Å². The maximum absolute atomic E-state index is 6.19.